The lowest BCUT2D eigenvalue weighted by molar-refractivity contribution is 0.556. The Morgan fingerprint density at radius 3 is 2.48 bits per heavy atom. The molecule has 2 rings (SSSR count). The number of hydrogen-bond acceptors (Lipinski definition) is 3. The third-order valence-corrected chi connectivity index (χ3v) is 3.99. The summed E-state index contributed by atoms with van der Waals surface area (Å²) in [4.78, 5) is 17.0. The van der Waals surface area contributed by atoms with Crippen molar-refractivity contribution >= 4 is 5.52 Å². The van der Waals surface area contributed by atoms with Crippen LogP contribution in [0.25, 0.3) is 5.52 Å². The molecule has 5 nitrogen and oxygen atoms in total. The van der Waals surface area contributed by atoms with Crippen LogP contribution >= 0.6 is 0 Å². The summed E-state index contributed by atoms with van der Waals surface area (Å²) in [6, 6.07) is 0.0841. The summed E-state index contributed by atoms with van der Waals surface area (Å²) in [7, 11) is 0. The molecule has 21 heavy (non-hydrogen) atoms. The maximum atomic E-state index is 12.6. The largest absolute Gasteiger partial charge is 0.293 e. The minimum Gasteiger partial charge on any atom is -0.293 e. The summed E-state index contributed by atoms with van der Waals surface area (Å²) in [5.74, 6) is 0.718. The van der Waals surface area contributed by atoms with Crippen LogP contribution in [0.2, 0.25) is 0 Å². The predicted octanol–water partition coefficient (Wildman–Crippen LogP) is 2.86. The predicted molar refractivity (Wildman–Crippen MR) is 84.5 cm³/mol. The molecule has 2 heterocycles. The molecule has 0 aromatic carbocycles. The Bertz CT molecular complexity index is 709. The summed E-state index contributed by atoms with van der Waals surface area (Å²) in [6.45, 7) is 14.5. The van der Waals surface area contributed by atoms with Crippen molar-refractivity contribution in [2.75, 3.05) is 0 Å². The molecule has 2 aromatic heterocycles. The maximum Gasteiger partial charge on any atom is 0.279 e. The lowest BCUT2D eigenvalue weighted by atomic mass is 9.89. The molecule has 0 aliphatic carbocycles. The minimum absolute atomic E-state index is 0.0325. The van der Waals surface area contributed by atoms with Gasteiger partial charge in [-0.1, -0.05) is 32.9 Å². The van der Waals surface area contributed by atoms with Crippen molar-refractivity contribution in [3.8, 4) is 0 Å². The second kappa shape index (κ2) is 5.84. The highest BCUT2D eigenvalue weighted by Gasteiger charge is 2.17. The lowest BCUT2D eigenvalue weighted by Gasteiger charge is -2.17. The van der Waals surface area contributed by atoms with E-state index in [4.69, 9.17) is 0 Å². The van der Waals surface area contributed by atoms with Gasteiger partial charge in [0.25, 0.3) is 5.56 Å². The fourth-order valence-electron chi connectivity index (χ4n) is 2.48. The molecule has 0 N–H and O–H groups in total. The number of nitrogens with zero attached hydrogens (tertiary/aromatic N) is 4. The molecule has 5 heteroatoms. The van der Waals surface area contributed by atoms with E-state index in [-0.39, 0.29) is 17.5 Å². The molecule has 1 unspecified atom stereocenters. The van der Waals surface area contributed by atoms with Crippen LogP contribution in [0.4, 0.5) is 0 Å². The Labute approximate surface area is 125 Å². The number of imidazole rings is 1. The molecule has 0 saturated heterocycles. The van der Waals surface area contributed by atoms with E-state index in [0.717, 1.165) is 5.69 Å². The lowest BCUT2D eigenvalue weighted by Crippen LogP contribution is -2.25. The monoisotopic (exact) mass is 288 g/mol. The van der Waals surface area contributed by atoms with Crippen LogP contribution in [0.1, 0.15) is 46.4 Å². The van der Waals surface area contributed by atoms with Crippen molar-refractivity contribution in [2.24, 2.45) is 11.8 Å². The van der Waals surface area contributed by atoms with Crippen molar-refractivity contribution in [2.45, 2.75) is 47.1 Å². The van der Waals surface area contributed by atoms with E-state index < -0.39 is 0 Å². The Morgan fingerprint density at radius 1 is 1.24 bits per heavy atom. The van der Waals surface area contributed by atoms with Gasteiger partial charge in [-0.05, 0) is 32.1 Å². The number of fused-ring (bicyclic) bond motifs is 1. The summed E-state index contributed by atoms with van der Waals surface area (Å²) < 4.78 is 3.21. The molecular weight excluding hydrogens is 264 g/mol. The quantitative estimate of drug-likeness (QED) is 0.795. The topological polar surface area (TPSA) is 52.2 Å². The molecule has 0 bridgehead atoms. The minimum atomic E-state index is -0.0325. The van der Waals surface area contributed by atoms with E-state index in [1.807, 2.05) is 13.8 Å². The highest BCUT2D eigenvalue weighted by Crippen LogP contribution is 2.22. The van der Waals surface area contributed by atoms with Gasteiger partial charge in [-0.25, -0.2) is 9.50 Å². The van der Waals surface area contributed by atoms with Crippen molar-refractivity contribution in [1.29, 1.82) is 0 Å². The van der Waals surface area contributed by atoms with E-state index in [1.165, 1.54) is 5.57 Å². The molecule has 1 atom stereocenters. The van der Waals surface area contributed by atoms with Crippen molar-refractivity contribution in [3.05, 3.63) is 40.9 Å². The average molecular weight is 288 g/mol. The first kappa shape index (κ1) is 15.5. The average Bonchev–Trinajstić information content (AvgIpc) is 2.81. The zero-order valence-electron chi connectivity index (χ0n) is 13.5. The second-order valence-corrected chi connectivity index (χ2v) is 6.26. The van der Waals surface area contributed by atoms with Gasteiger partial charge in [0.2, 0.25) is 0 Å². The second-order valence-electron chi connectivity index (χ2n) is 6.26. The van der Waals surface area contributed by atoms with Gasteiger partial charge < -0.3 is 0 Å². The molecule has 114 valence electrons. The highest BCUT2D eigenvalue weighted by atomic mass is 16.1. The van der Waals surface area contributed by atoms with Crippen molar-refractivity contribution in [3.63, 3.8) is 0 Å². The number of aromatic nitrogens is 4. The van der Waals surface area contributed by atoms with Crippen LogP contribution in [-0.4, -0.2) is 19.2 Å². The fraction of sp³-hybridized carbons (Fsp3) is 0.562. The van der Waals surface area contributed by atoms with Gasteiger partial charge in [-0.2, -0.15) is 5.10 Å². The third kappa shape index (κ3) is 2.91. The van der Waals surface area contributed by atoms with E-state index in [2.05, 4.69) is 37.4 Å². The standard InChI is InChI=1S/C16H24N4O/c1-10(2)13(6)12(5)7-14-15-16(21)19(11(3)4)9-18-20(15)8-17-14/h8-12H,6-7H2,1-5H3. The maximum absolute atomic E-state index is 12.6. The van der Waals surface area contributed by atoms with E-state index in [0.29, 0.717) is 17.9 Å². The Balaban J connectivity index is 2.44. The zero-order valence-corrected chi connectivity index (χ0v) is 13.5. The van der Waals surface area contributed by atoms with Gasteiger partial charge in [0.05, 0.1) is 5.69 Å². The Hall–Kier alpha value is -1.91. The van der Waals surface area contributed by atoms with Crippen LogP contribution in [0.15, 0.2) is 29.6 Å². The van der Waals surface area contributed by atoms with E-state index >= 15 is 0 Å². The molecule has 0 amide bonds. The van der Waals surface area contributed by atoms with Crippen LogP contribution in [0, 0.1) is 11.8 Å². The van der Waals surface area contributed by atoms with Gasteiger partial charge in [-0.3, -0.25) is 9.36 Å². The van der Waals surface area contributed by atoms with Gasteiger partial charge in [-0.15, -0.1) is 0 Å². The number of allylic oxidation sites excluding steroid dienone is 1. The van der Waals surface area contributed by atoms with Crippen molar-refractivity contribution in [1.82, 2.24) is 19.2 Å². The van der Waals surface area contributed by atoms with E-state index in [9.17, 15) is 4.79 Å². The molecule has 0 spiro atoms. The molecule has 2 aromatic rings. The van der Waals surface area contributed by atoms with Gasteiger partial charge in [0.15, 0.2) is 5.52 Å². The Morgan fingerprint density at radius 2 is 1.90 bits per heavy atom. The number of rotatable bonds is 5. The third-order valence-electron chi connectivity index (χ3n) is 3.99. The van der Waals surface area contributed by atoms with Crippen LogP contribution in [0.3, 0.4) is 0 Å². The van der Waals surface area contributed by atoms with Crippen LogP contribution in [0.5, 0.6) is 0 Å². The summed E-state index contributed by atoms with van der Waals surface area (Å²) in [5.41, 5.74) is 2.53. The normalized spacial score (nSPS) is 13.3. The molecular formula is C16H24N4O. The van der Waals surface area contributed by atoms with Crippen molar-refractivity contribution < 1.29 is 0 Å². The zero-order chi connectivity index (χ0) is 15.7. The van der Waals surface area contributed by atoms with Gasteiger partial charge in [0, 0.05) is 6.04 Å². The van der Waals surface area contributed by atoms with Crippen LogP contribution < -0.4 is 5.56 Å². The van der Waals surface area contributed by atoms with Gasteiger partial charge in [0.1, 0.15) is 12.7 Å². The summed E-state index contributed by atoms with van der Waals surface area (Å²) >= 11 is 0. The fourth-order valence-corrected chi connectivity index (χ4v) is 2.48. The van der Waals surface area contributed by atoms with E-state index in [1.54, 1.807) is 21.7 Å². The van der Waals surface area contributed by atoms with Crippen LogP contribution in [-0.2, 0) is 6.42 Å². The SMILES string of the molecule is C=C(C(C)C)C(C)Cc1ncn2ncn(C(C)C)c(=O)c12. The smallest absolute Gasteiger partial charge is 0.279 e. The molecule has 0 fully saturated rings. The molecule has 0 aliphatic rings. The van der Waals surface area contributed by atoms with Gasteiger partial charge >= 0.3 is 0 Å². The first-order valence-electron chi connectivity index (χ1n) is 7.45. The molecule has 0 aliphatic heterocycles. The summed E-state index contributed by atoms with van der Waals surface area (Å²) in [5, 5.41) is 4.27. The Kier molecular flexibility index (Phi) is 4.30. The highest BCUT2D eigenvalue weighted by molar-refractivity contribution is 5.49. The first-order chi connectivity index (χ1) is 9.82. The summed E-state index contributed by atoms with van der Waals surface area (Å²) in [6.07, 6.45) is 3.90. The number of hydrogen-bond donors (Lipinski definition) is 0. The first-order valence-corrected chi connectivity index (χ1v) is 7.45. The molecule has 0 saturated carbocycles. The molecule has 0 radical (unpaired) electrons.